The van der Waals surface area contributed by atoms with Gasteiger partial charge in [0.25, 0.3) is 5.91 Å². The molecule has 0 spiro atoms. The van der Waals surface area contributed by atoms with Crippen LogP contribution in [0, 0.1) is 17.6 Å². The largest absolute Gasteiger partial charge is 0.484 e. The van der Waals surface area contributed by atoms with Crippen molar-refractivity contribution in [3.8, 4) is 5.75 Å². The van der Waals surface area contributed by atoms with Gasteiger partial charge in [-0.15, -0.1) is 0 Å². The molecule has 3 aromatic carbocycles. The van der Waals surface area contributed by atoms with Crippen LogP contribution in [0.3, 0.4) is 0 Å². The number of halogens is 2. The Kier molecular flexibility index (Phi) is 6.91. The average molecular weight is 465 g/mol. The minimum atomic E-state index is -0.444. The van der Waals surface area contributed by atoms with Crippen LogP contribution in [0.25, 0.3) is 0 Å². The Morgan fingerprint density at radius 1 is 1.03 bits per heavy atom. The van der Waals surface area contributed by atoms with Crippen molar-refractivity contribution in [2.24, 2.45) is 5.92 Å². The van der Waals surface area contributed by atoms with Gasteiger partial charge in [-0.1, -0.05) is 38.1 Å². The summed E-state index contributed by atoms with van der Waals surface area (Å²) in [5, 5.41) is 2.60. The highest BCUT2D eigenvalue weighted by Gasteiger charge is 2.33. The topological polar surface area (TPSA) is 58.6 Å². The summed E-state index contributed by atoms with van der Waals surface area (Å²) in [7, 11) is 0. The van der Waals surface area contributed by atoms with E-state index in [1.54, 1.807) is 24.3 Å². The molecule has 0 aromatic heterocycles. The van der Waals surface area contributed by atoms with Crippen LogP contribution < -0.4 is 10.1 Å². The van der Waals surface area contributed by atoms with Crippen molar-refractivity contribution >= 4 is 17.5 Å². The van der Waals surface area contributed by atoms with Crippen molar-refractivity contribution < 1.29 is 23.1 Å². The number of benzene rings is 3. The van der Waals surface area contributed by atoms with Gasteiger partial charge in [-0.25, -0.2) is 8.78 Å². The number of hydrogen-bond donors (Lipinski definition) is 1. The summed E-state index contributed by atoms with van der Waals surface area (Å²) in [4.78, 5) is 27.1. The molecule has 34 heavy (non-hydrogen) atoms. The summed E-state index contributed by atoms with van der Waals surface area (Å²) in [6.45, 7) is 4.01. The molecule has 3 aromatic rings. The number of carbonyl (C=O) groups is 2. The molecule has 176 valence electrons. The van der Waals surface area contributed by atoms with Gasteiger partial charge in [-0.2, -0.15) is 0 Å². The van der Waals surface area contributed by atoms with Crippen LogP contribution >= 0.6 is 0 Å². The molecule has 1 heterocycles. The van der Waals surface area contributed by atoms with Crippen LogP contribution in [0.15, 0.2) is 66.7 Å². The van der Waals surface area contributed by atoms with Gasteiger partial charge in [0.05, 0.1) is 6.04 Å². The first-order chi connectivity index (χ1) is 16.3. The van der Waals surface area contributed by atoms with Crippen LogP contribution in [0.2, 0.25) is 0 Å². The lowest BCUT2D eigenvalue weighted by atomic mass is 9.87. The van der Waals surface area contributed by atoms with Crippen molar-refractivity contribution in [3.05, 3.63) is 95.1 Å². The normalized spacial score (nSPS) is 15.1. The number of nitrogens with one attached hydrogen (secondary N) is 1. The van der Waals surface area contributed by atoms with E-state index in [9.17, 15) is 18.4 Å². The second kappa shape index (κ2) is 10.0. The first-order valence-electron chi connectivity index (χ1n) is 11.2. The SMILES string of the molecule is CC(C)C(=O)N1CCc2ccc(OCC(=O)Nc3cccc(F)c3)cc2C1c1ccc(F)cc1. The van der Waals surface area contributed by atoms with E-state index < -0.39 is 11.7 Å². The van der Waals surface area contributed by atoms with E-state index in [1.807, 2.05) is 30.9 Å². The number of anilines is 1. The van der Waals surface area contributed by atoms with Crippen LogP contribution in [0.1, 0.15) is 36.6 Å². The summed E-state index contributed by atoms with van der Waals surface area (Å²) < 4.78 is 32.6. The number of amides is 2. The second-order valence-corrected chi connectivity index (χ2v) is 8.60. The lowest BCUT2D eigenvalue weighted by molar-refractivity contribution is -0.136. The molecule has 1 unspecified atom stereocenters. The molecule has 0 radical (unpaired) electrons. The number of nitrogens with zero attached hydrogens (tertiary/aromatic N) is 1. The fraction of sp³-hybridized carbons (Fsp3) is 0.259. The zero-order valence-corrected chi connectivity index (χ0v) is 19.1. The average Bonchev–Trinajstić information content (AvgIpc) is 2.82. The van der Waals surface area contributed by atoms with Crippen LogP contribution in [-0.2, 0) is 16.0 Å². The summed E-state index contributed by atoms with van der Waals surface area (Å²) in [6.07, 6.45) is 0.686. The first-order valence-corrected chi connectivity index (χ1v) is 11.2. The van der Waals surface area contributed by atoms with Crippen LogP contribution in [0.5, 0.6) is 5.75 Å². The first kappa shape index (κ1) is 23.4. The Labute approximate surface area is 197 Å². The maximum atomic E-state index is 13.6. The van der Waals surface area contributed by atoms with Gasteiger partial charge in [0.2, 0.25) is 5.91 Å². The van der Waals surface area contributed by atoms with Crippen molar-refractivity contribution in [1.29, 1.82) is 0 Å². The Hall–Kier alpha value is -3.74. The number of fused-ring (bicyclic) bond motifs is 1. The fourth-order valence-electron chi connectivity index (χ4n) is 4.17. The van der Waals surface area contributed by atoms with Gasteiger partial charge in [-0.3, -0.25) is 9.59 Å². The summed E-state index contributed by atoms with van der Waals surface area (Å²) in [5.41, 5.74) is 3.10. The van der Waals surface area contributed by atoms with E-state index in [1.165, 1.54) is 30.3 Å². The van der Waals surface area contributed by atoms with Gasteiger partial charge >= 0.3 is 0 Å². The molecule has 4 rings (SSSR count). The van der Waals surface area contributed by atoms with Gasteiger partial charge in [0, 0.05) is 18.2 Å². The van der Waals surface area contributed by atoms with Gasteiger partial charge in [0.15, 0.2) is 6.61 Å². The third-order valence-electron chi connectivity index (χ3n) is 5.79. The molecule has 1 aliphatic rings. The van der Waals surface area contributed by atoms with Crippen molar-refractivity contribution in [2.75, 3.05) is 18.5 Å². The maximum Gasteiger partial charge on any atom is 0.262 e. The molecular formula is C27H26F2N2O3. The van der Waals surface area contributed by atoms with Gasteiger partial charge in [0.1, 0.15) is 17.4 Å². The Balaban J connectivity index is 1.57. The van der Waals surface area contributed by atoms with Crippen molar-refractivity contribution in [3.63, 3.8) is 0 Å². The summed E-state index contributed by atoms with van der Waals surface area (Å²) in [6, 6.07) is 16.9. The number of hydrogen-bond acceptors (Lipinski definition) is 3. The second-order valence-electron chi connectivity index (χ2n) is 8.60. The number of rotatable bonds is 6. The van der Waals surface area contributed by atoms with E-state index in [-0.39, 0.29) is 30.3 Å². The highest BCUT2D eigenvalue weighted by Crippen LogP contribution is 2.38. The Morgan fingerprint density at radius 3 is 2.50 bits per heavy atom. The van der Waals surface area contributed by atoms with Crippen LogP contribution in [0.4, 0.5) is 14.5 Å². The third-order valence-corrected chi connectivity index (χ3v) is 5.79. The summed E-state index contributed by atoms with van der Waals surface area (Å²) >= 11 is 0. The number of carbonyl (C=O) groups excluding carboxylic acids is 2. The Bertz CT molecular complexity index is 1190. The molecule has 5 nitrogen and oxygen atoms in total. The summed E-state index contributed by atoms with van der Waals surface area (Å²) in [5.74, 6) is -0.908. The molecule has 2 amide bonds. The lowest BCUT2D eigenvalue weighted by Gasteiger charge is -2.39. The maximum absolute atomic E-state index is 13.6. The molecule has 7 heteroatoms. The molecule has 0 fully saturated rings. The standard InChI is InChI=1S/C27H26F2N2O3/c1-17(2)27(33)31-13-12-18-8-11-23(15-24(18)26(31)19-6-9-20(28)10-7-19)34-16-25(32)30-22-5-3-4-21(29)14-22/h3-11,14-15,17,26H,12-13,16H2,1-2H3,(H,30,32). The molecule has 1 aliphatic heterocycles. The van der Waals surface area contributed by atoms with Crippen molar-refractivity contribution in [2.45, 2.75) is 26.3 Å². The van der Waals surface area contributed by atoms with E-state index >= 15 is 0 Å². The van der Waals surface area contributed by atoms with E-state index in [0.29, 0.717) is 24.4 Å². The predicted molar refractivity (Wildman–Crippen MR) is 125 cm³/mol. The lowest BCUT2D eigenvalue weighted by Crippen LogP contribution is -2.42. The Morgan fingerprint density at radius 2 is 1.79 bits per heavy atom. The van der Waals surface area contributed by atoms with E-state index in [4.69, 9.17) is 4.74 Å². The highest BCUT2D eigenvalue weighted by atomic mass is 19.1. The van der Waals surface area contributed by atoms with Crippen LogP contribution in [-0.4, -0.2) is 29.9 Å². The molecule has 0 saturated carbocycles. The minimum Gasteiger partial charge on any atom is -0.484 e. The zero-order valence-electron chi connectivity index (χ0n) is 19.1. The van der Waals surface area contributed by atoms with E-state index in [2.05, 4.69) is 5.32 Å². The smallest absolute Gasteiger partial charge is 0.262 e. The third kappa shape index (κ3) is 5.25. The molecule has 1 N–H and O–H groups in total. The number of ether oxygens (including phenoxy) is 1. The molecule has 1 atom stereocenters. The monoisotopic (exact) mass is 464 g/mol. The highest BCUT2D eigenvalue weighted by molar-refractivity contribution is 5.91. The molecule has 0 saturated heterocycles. The van der Waals surface area contributed by atoms with Crippen molar-refractivity contribution in [1.82, 2.24) is 4.90 Å². The fourth-order valence-corrected chi connectivity index (χ4v) is 4.17. The predicted octanol–water partition coefficient (Wildman–Crippen LogP) is 5.11. The molecule has 0 bridgehead atoms. The molecule has 0 aliphatic carbocycles. The minimum absolute atomic E-state index is 0.0146. The zero-order chi connectivity index (χ0) is 24.2. The molecular weight excluding hydrogens is 438 g/mol. The quantitative estimate of drug-likeness (QED) is 0.551. The van der Waals surface area contributed by atoms with E-state index in [0.717, 1.165) is 16.7 Å². The van der Waals surface area contributed by atoms with Gasteiger partial charge < -0.3 is 15.0 Å². The van der Waals surface area contributed by atoms with Gasteiger partial charge in [-0.05, 0) is 65.6 Å².